The lowest BCUT2D eigenvalue weighted by Gasteiger charge is -2.22. The van der Waals surface area contributed by atoms with Crippen molar-refractivity contribution in [3.63, 3.8) is 0 Å². The van der Waals surface area contributed by atoms with Crippen molar-refractivity contribution in [1.82, 2.24) is 0 Å². The molecule has 0 aromatic heterocycles. The number of allylic oxidation sites excluding steroid dienone is 12. The van der Waals surface area contributed by atoms with Gasteiger partial charge in [-0.15, -0.1) is 0 Å². The van der Waals surface area contributed by atoms with E-state index in [-0.39, 0.29) is 41.3 Å². The van der Waals surface area contributed by atoms with Gasteiger partial charge in [-0.2, -0.15) is 0 Å². The zero-order chi connectivity index (χ0) is 71.2. The number of esters is 3. The van der Waals surface area contributed by atoms with Crippen molar-refractivity contribution in [2.24, 2.45) is 17.8 Å². The van der Waals surface area contributed by atoms with Gasteiger partial charge in [0.2, 0.25) is 0 Å². The van der Waals surface area contributed by atoms with Crippen molar-refractivity contribution in [3.05, 3.63) is 69.9 Å². The maximum absolute atomic E-state index is 11.5. The topological polar surface area (TPSA) is 133 Å². The van der Waals surface area contributed by atoms with E-state index in [4.69, 9.17) is 14.2 Å². The molecule has 3 saturated carbocycles. The Hall–Kier alpha value is -3.85. The summed E-state index contributed by atoms with van der Waals surface area (Å²) in [6.45, 7) is 30.4. The molecular weight excluding hydrogens is 1190 g/mol. The molecule has 6 fully saturated rings. The molecule has 9 heteroatoms. The maximum atomic E-state index is 11.5. The molecule has 0 radical (unpaired) electrons. The first-order valence-corrected chi connectivity index (χ1v) is 40.2. The summed E-state index contributed by atoms with van der Waals surface area (Å²) in [7, 11) is 0. The van der Waals surface area contributed by atoms with Crippen LogP contribution in [0.15, 0.2) is 69.9 Å². The number of rotatable bonds is 39. The molecule has 6 aliphatic rings. The second kappa shape index (κ2) is 56.9. The van der Waals surface area contributed by atoms with Crippen LogP contribution in [-0.2, 0) is 38.2 Å². The van der Waals surface area contributed by atoms with Crippen molar-refractivity contribution in [1.29, 1.82) is 0 Å². The lowest BCUT2D eigenvalue weighted by molar-refractivity contribution is -0.154. The van der Waals surface area contributed by atoms with Crippen LogP contribution >= 0.6 is 0 Å². The van der Waals surface area contributed by atoms with Gasteiger partial charge < -0.3 is 19.3 Å². The van der Waals surface area contributed by atoms with Gasteiger partial charge in [-0.25, -0.2) is 0 Å². The highest BCUT2D eigenvalue weighted by molar-refractivity contribution is 5.83. The number of hydrogen-bond acceptors (Lipinski definition) is 9. The molecule has 96 heavy (non-hydrogen) atoms. The van der Waals surface area contributed by atoms with Gasteiger partial charge in [0.15, 0.2) is 0 Å². The smallest absolute Gasteiger partial charge is 0.306 e. The molecule has 3 aliphatic heterocycles. The number of aliphatic hydroxyl groups is 1. The summed E-state index contributed by atoms with van der Waals surface area (Å²) in [5.41, 5.74) is 8.32. The zero-order valence-corrected chi connectivity index (χ0v) is 65.2. The van der Waals surface area contributed by atoms with Gasteiger partial charge in [0.25, 0.3) is 0 Å². The van der Waals surface area contributed by atoms with E-state index >= 15 is 0 Å². The molecule has 0 spiro atoms. The molecule has 6 rings (SSSR count). The third-order valence-corrected chi connectivity index (χ3v) is 20.7. The van der Waals surface area contributed by atoms with Gasteiger partial charge >= 0.3 is 17.9 Å². The third-order valence-electron chi connectivity index (χ3n) is 20.7. The van der Waals surface area contributed by atoms with Crippen molar-refractivity contribution in [3.8, 4) is 0 Å². The van der Waals surface area contributed by atoms with Crippen LogP contribution in [0.5, 0.6) is 0 Å². The number of hydrogen-bond donors (Lipinski definition) is 1. The molecule has 7 atom stereocenters. The standard InChI is InChI=1S/C16H26O.C15H26O.C15H24O.2C14H26O2.C13H24O2/c1-4-13(2)7-5-8-14(3)11-12-15-9-6-10-16(15)17;2*1-12(2)6-4-7-13(3)10-11-14-8-5-9-15(14)16;1-3-4-5-6-7-8-9-11-14(2)12-10-13(15)16-14;1-2-3-4-5-6-7-8-10-13-11-9-12-14(15)16-13;1-3-4-5-6-7-8-10-13(2)11-9-12(14)15-13/h7,11,15H,4-6,8-10,12H2,1-3H3;6,10,14-16H,4-5,7-9,11H2,1-3H3;6,10,14H,4-5,7-9,11H2,1-3H3;3-12H2,1-2H3;13H,2-12H2,1H3;3-11H2,1-2H3/b13-7+,14-11+;2*13-10+;;;. The van der Waals surface area contributed by atoms with E-state index in [1.165, 1.54) is 175 Å². The molecule has 0 aromatic carbocycles. The number of carbonyl (C=O) groups is 5. The van der Waals surface area contributed by atoms with Gasteiger partial charge in [-0.3, -0.25) is 24.0 Å². The monoisotopic (exact) mass is 1340 g/mol. The van der Waals surface area contributed by atoms with Crippen LogP contribution in [0.2, 0.25) is 0 Å². The van der Waals surface area contributed by atoms with Crippen LogP contribution in [0.1, 0.15) is 412 Å². The molecule has 0 amide bonds. The Balaban J connectivity index is 0.000000576. The second-order valence-corrected chi connectivity index (χ2v) is 31.0. The van der Waals surface area contributed by atoms with E-state index in [0.29, 0.717) is 48.6 Å². The van der Waals surface area contributed by atoms with Crippen molar-refractivity contribution in [2.75, 3.05) is 0 Å². The van der Waals surface area contributed by atoms with Gasteiger partial charge in [0.05, 0.1) is 6.10 Å². The molecule has 9 nitrogen and oxygen atoms in total. The van der Waals surface area contributed by atoms with Crippen LogP contribution in [-0.4, -0.2) is 58.0 Å². The Morgan fingerprint density at radius 3 is 1.17 bits per heavy atom. The fourth-order valence-electron chi connectivity index (χ4n) is 13.7. The molecular formula is C87H152O9. The quantitative estimate of drug-likeness (QED) is 0.0276. The van der Waals surface area contributed by atoms with E-state index in [2.05, 4.69) is 133 Å². The Kier molecular flexibility index (Phi) is 53.4. The zero-order valence-electron chi connectivity index (χ0n) is 65.2. The lowest BCUT2D eigenvalue weighted by atomic mass is 9.95. The third kappa shape index (κ3) is 48.8. The minimum Gasteiger partial charge on any atom is -0.462 e. The van der Waals surface area contributed by atoms with Gasteiger partial charge in [0, 0.05) is 43.9 Å². The normalized spacial score (nSPS) is 23.4. The molecule has 7 unspecified atom stereocenters. The highest BCUT2D eigenvalue weighted by Crippen LogP contribution is 2.34. The Bertz CT molecular complexity index is 2270. The van der Waals surface area contributed by atoms with E-state index in [9.17, 15) is 29.1 Å². The number of ether oxygens (including phenoxy) is 3. The lowest BCUT2D eigenvalue weighted by Crippen LogP contribution is -2.23. The number of carbonyl (C=O) groups excluding carboxylic acids is 5. The Morgan fingerprint density at radius 2 is 0.812 bits per heavy atom. The highest BCUT2D eigenvalue weighted by Gasteiger charge is 2.36. The largest absolute Gasteiger partial charge is 0.462 e. The van der Waals surface area contributed by atoms with Crippen LogP contribution in [0, 0.1) is 17.8 Å². The van der Waals surface area contributed by atoms with E-state index in [0.717, 1.165) is 154 Å². The molecule has 0 bridgehead atoms. The fourth-order valence-corrected chi connectivity index (χ4v) is 13.7. The van der Waals surface area contributed by atoms with Crippen LogP contribution in [0.3, 0.4) is 0 Å². The first kappa shape index (κ1) is 90.2. The number of unbranched alkanes of at least 4 members (excludes halogenated alkanes) is 17. The van der Waals surface area contributed by atoms with Gasteiger partial charge in [-0.1, -0.05) is 213 Å². The SMILES string of the molecule is CC(C)=CCC/C(C)=C/CC1CCCC1=O.CC(C)=CCC/C(C)=C/CC1CCCC1O.CC/C(C)=C/CC/C(C)=C/CC1CCCC1=O.CCCCCCCCC1(C)CCC(=O)O1.CCCCCCCCCC1(C)CCC(=O)O1.CCCCCCCCCC1CCCC(=O)O1. The fraction of sp³-hybridized carbons (Fsp3) is 0.805. The number of cyclic esters (lactones) is 3. The minimum atomic E-state index is -0.138. The molecule has 3 saturated heterocycles. The number of ketones is 2. The summed E-state index contributed by atoms with van der Waals surface area (Å²) in [5.74, 6) is 2.15. The van der Waals surface area contributed by atoms with Gasteiger partial charge in [0.1, 0.15) is 28.9 Å². The first-order valence-electron chi connectivity index (χ1n) is 40.2. The summed E-state index contributed by atoms with van der Waals surface area (Å²) in [4.78, 5) is 56.1. The Labute approximate surface area is 592 Å². The average molecular weight is 1340 g/mol. The van der Waals surface area contributed by atoms with E-state index < -0.39 is 0 Å². The van der Waals surface area contributed by atoms with Gasteiger partial charge in [-0.05, 0) is 242 Å². The molecule has 3 aliphatic carbocycles. The summed E-state index contributed by atoms with van der Waals surface area (Å²) in [5, 5.41) is 9.71. The van der Waals surface area contributed by atoms with E-state index in [1.54, 1.807) is 0 Å². The Morgan fingerprint density at radius 1 is 0.417 bits per heavy atom. The molecule has 1 N–H and O–H groups in total. The summed E-state index contributed by atoms with van der Waals surface area (Å²) < 4.78 is 16.0. The first-order chi connectivity index (χ1) is 46.0. The average Bonchev–Trinajstić information content (AvgIpc) is 1.79. The minimum absolute atomic E-state index is 0.00885. The van der Waals surface area contributed by atoms with Crippen LogP contribution < -0.4 is 0 Å². The summed E-state index contributed by atoms with van der Waals surface area (Å²) in [6.07, 6.45) is 69.9. The molecule has 554 valence electrons. The number of Topliss-reactive ketones (excluding diaryl/α,β-unsaturated/α-hetero) is 2. The van der Waals surface area contributed by atoms with E-state index in [1.807, 2.05) is 0 Å². The van der Waals surface area contributed by atoms with Crippen LogP contribution in [0.4, 0.5) is 0 Å². The number of aliphatic hydroxyl groups excluding tert-OH is 1. The van der Waals surface area contributed by atoms with Crippen molar-refractivity contribution in [2.45, 2.75) is 435 Å². The van der Waals surface area contributed by atoms with Crippen molar-refractivity contribution >= 4 is 29.5 Å². The summed E-state index contributed by atoms with van der Waals surface area (Å²) in [6, 6.07) is 0. The molecule has 3 heterocycles. The predicted octanol–water partition coefficient (Wildman–Crippen LogP) is 25.8. The second-order valence-electron chi connectivity index (χ2n) is 31.0. The predicted molar refractivity (Wildman–Crippen MR) is 408 cm³/mol. The summed E-state index contributed by atoms with van der Waals surface area (Å²) >= 11 is 0. The maximum Gasteiger partial charge on any atom is 0.306 e. The molecule has 0 aromatic rings. The van der Waals surface area contributed by atoms with Crippen molar-refractivity contribution < 1.29 is 43.3 Å². The highest BCUT2D eigenvalue weighted by atomic mass is 16.6. The van der Waals surface area contributed by atoms with Crippen LogP contribution in [0.25, 0.3) is 0 Å².